The number of phosphoric ester groups is 1. The smallest absolute Gasteiger partial charge is 0.756 e. The maximum Gasteiger partial charge on any atom is 1.00 e. The molecule has 25 heavy (non-hydrogen) atoms. The number of nitrogens with one attached hydrogen (secondary N) is 1. The SMILES string of the molecule is Nc1nc2c(nc(Br)n2[C@@H]2OC3COP(=O)([O-])OC3[C@@H]2O)c(=O)[nH]1.[Na+]. The molecule has 0 bridgehead atoms. The number of aliphatic hydroxyl groups excluding tert-OH is 1. The van der Waals surface area contributed by atoms with Crippen molar-refractivity contribution in [3.8, 4) is 0 Å². The molecule has 2 saturated heterocycles. The maximum absolute atomic E-state index is 11.9. The van der Waals surface area contributed by atoms with Crippen LogP contribution in [0.4, 0.5) is 5.95 Å². The Bertz CT molecular complexity index is 936. The van der Waals surface area contributed by atoms with Crippen molar-refractivity contribution < 1.29 is 57.9 Å². The summed E-state index contributed by atoms with van der Waals surface area (Å²) in [5.74, 6) is -0.144. The van der Waals surface area contributed by atoms with Crippen LogP contribution in [0.25, 0.3) is 11.2 Å². The molecule has 2 aliphatic heterocycles. The van der Waals surface area contributed by atoms with Gasteiger partial charge in [-0.05, 0) is 15.9 Å². The third kappa shape index (κ3) is 3.23. The normalized spacial score (nSPS) is 34.7. The molecule has 0 aliphatic carbocycles. The van der Waals surface area contributed by atoms with Crippen LogP contribution in [-0.4, -0.2) is 49.5 Å². The first kappa shape index (κ1) is 19.4. The van der Waals surface area contributed by atoms with E-state index in [4.69, 9.17) is 15.0 Å². The number of hydrogen-bond donors (Lipinski definition) is 3. The number of phosphoric acid groups is 1. The molecular weight excluding hydrogens is 436 g/mol. The number of nitrogen functional groups attached to an aromatic ring is 1. The minimum Gasteiger partial charge on any atom is -0.756 e. The van der Waals surface area contributed by atoms with Crippen molar-refractivity contribution in [2.45, 2.75) is 24.5 Å². The van der Waals surface area contributed by atoms with Gasteiger partial charge in [-0.2, -0.15) is 4.98 Å². The van der Waals surface area contributed by atoms with Gasteiger partial charge in [0.15, 0.2) is 22.1 Å². The zero-order valence-corrected chi connectivity index (χ0v) is 17.1. The molecule has 0 amide bonds. The topological polar surface area (TPSA) is 178 Å². The summed E-state index contributed by atoms with van der Waals surface area (Å²) >= 11 is 3.17. The zero-order valence-electron chi connectivity index (χ0n) is 12.7. The number of fused-ring (bicyclic) bond motifs is 2. The Morgan fingerprint density at radius 2 is 2.20 bits per heavy atom. The second-order valence-corrected chi connectivity index (χ2v) is 7.32. The summed E-state index contributed by atoms with van der Waals surface area (Å²) in [6, 6.07) is 0. The van der Waals surface area contributed by atoms with E-state index < -0.39 is 37.9 Å². The molecule has 3 unspecified atom stereocenters. The molecule has 4 heterocycles. The van der Waals surface area contributed by atoms with Crippen LogP contribution >= 0.6 is 23.8 Å². The first-order valence-electron chi connectivity index (χ1n) is 6.67. The Hall–Kier alpha value is -0.340. The van der Waals surface area contributed by atoms with Crippen LogP contribution in [0.1, 0.15) is 6.23 Å². The molecule has 0 saturated carbocycles. The number of nitrogens with zero attached hydrogens (tertiary/aromatic N) is 3. The van der Waals surface area contributed by atoms with Gasteiger partial charge in [0, 0.05) is 0 Å². The maximum atomic E-state index is 11.9. The summed E-state index contributed by atoms with van der Waals surface area (Å²) in [5, 5.41) is 10.4. The molecule has 12 nitrogen and oxygen atoms in total. The van der Waals surface area contributed by atoms with E-state index in [1.165, 1.54) is 4.57 Å². The first-order chi connectivity index (χ1) is 11.3. The Kier molecular flexibility index (Phi) is 5.19. The van der Waals surface area contributed by atoms with Gasteiger partial charge in [0.2, 0.25) is 5.95 Å². The van der Waals surface area contributed by atoms with Gasteiger partial charge in [-0.15, -0.1) is 0 Å². The molecule has 0 radical (unpaired) electrons. The van der Waals surface area contributed by atoms with Gasteiger partial charge >= 0.3 is 29.6 Å². The van der Waals surface area contributed by atoms with Crippen LogP contribution in [-0.2, 0) is 18.3 Å². The van der Waals surface area contributed by atoms with E-state index in [0.29, 0.717) is 0 Å². The number of aliphatic hydroxyl groups is 1. The summed E-state index contributed by atoms with van der Waals surface area (Å²) < 4.78 is 27.8. The summed E-state index contributed by atoms with van der Waals surface area (Å²) in [4.78, 5) is 33.6. The number of anilines is 1. The Balaban J connectivity index is 0.00000182. The molecule has 2 aliphatic rings. The number of halogens is 1. The average Bonchev–Trinajstić information content (AvgIpc) is 2.96. The summed E-state index contributed by atoms with van der Waals surface area (Å²) in [6.07, 6.45) is -4.42. The Morgan fingerprint density at radius 1 is 1.48 bits per heavy atom. The van der Waals surface area contributed by atoms with E-state index in [9.17, 15) is 19.4 Å². The molecule has 130 valence electrons. The minimum absolute atomic E-state index is 0. The molecule has 2 aromatic heterocycles. The fourth-order valence-electron chi connectivity index (χ4n) is 2.74. The van der Waals surface area contributed by atoms with Crippen LogP contribution in [0, 0.1) is 0 Å². The van der Waals surface area contributed by atoms with E-state index >= 15 is 0 Å². The van der Waals surface area contributed by atoms with Crippen LogP contribution < -0.4 is 45.7 Å². The summed E-state index contributed by atoms with van der Waals surface area (Å²) in [7, 11) is -4.49. The fraction of sp³-hybridized carbons (Fsp3) is 0.500. The molecule has 0 aromatic carbocycles. The van der Waals surface area contributed by atoms with E-state index in [-0.39, 0.29) is 58.0 Å². The van der Waals surface area contributed by atoms with E-state index in [1.54, 1.807) is 0 Å². The van der Waals surface area contributed by atoms with E-state index in [1.807, 2.05) is 0 Å². The number of rotatable bonds is 1. The van der Waals surface area contributed by atoms with Crippen LogP contribution in [0.5, 0.6) is 0 Å². The van der Waals surface area contributed by atoms with Gasteiger partial charge in [0.05, 0.1) is 6.61 Å². The van der Waals surface area contributed by atoms with Gasteiger partial charge in [0.1, 0.15) is 18.3 Å². The van der Waals surface area contributed by atoms with Crippen molar-refractivity contribution in [1.82, 2.24) is 19.5 Å². The van der Waals surface area contributed by atoms with Crippen molar-refractivity contribution in [1.29, 1.82) is 0 Å². The number of aromatic nitrogens is 4. The second-order valence-electron chi connectivity index (χ2n) is 5.24. The number of imidazole rings is 1. The molecule has 5 atom stereocenters. The second kappa shape index (κ2) is 6.68. The quantitative estimate of drug-likeness (QED) is 0.220. The van der Waals surface area contributed by atoms with E-state index in [0.717, 1.165) is 0 Å². The number of nitrogens with two attached hydrogens (primary N) is 1. The minimum atomic E-state index is -4.49. The zero-order chi connectivity index (χ0) is 17.2. The molecule has 4 rings (SSSR count). The van der Waals surface area contributed by atoms with Crippen LogP contribution in [0.15, 0.2) is 9.53 Å². The van der Waals surface area contributed by atoms with E-state index in [2.05, 4.69) is 35.4 Å². The van der Waals surface area contributed by atoms with Gasteiger partial charge in [-0.1, -0.05) is 0 Å². The Labute approximate surface area is 169 Å². The van der Waals surface area contributed by atoms with Gasteiger partial charge in [-0.3, -0.25) is 18.9 Å². The van der Waals surface area contributed by atoms with Crippen molar-refractivity contribution >= 4 is 40.9 Å². The number of hydrogen-bond acceptors (Lipinski definition) is 10. The molecule has 4 N–H and O–H groups in total. The Morgan fingerprint density at radius 3 is 2.92 bits per heavy atom. The number of H-pyrrole nitrogens is 1. The van der Waals surface area contributed by atoms with Gasteiger partial charge in [-0.25, -0.2) is 4.98 Å². The van der Waals surface area contributed by atoms with Crippen LogP contribution in [0.2, 0.25) is 0 Å². The molecule has 15 heteroatoms. The van der Waals surface area contributed by atoms with Gasteiger partial charge < -0.3 is 29.5 Å². The standard InChI is InChI=1S/C10H11BrN5O7P.Na/c11-9-13-3-6(14-10(12)15-7(3)18)16(9)8-4(17)5-2(22-8)1-21-24(19,20)23-5;/h2,4-5,8,17H,1H2,(H,19,20)(H3,12,14,15,18);/q;+1/p-1/t2?,4-,5?,8+;/m0./s1. The third-order valence-electron chi connectivity index (χ3n) is 3.74. The fourth-order valence-corrected chi connectivity index (χ4v) is 4.24. The molecule has 2 aromatic rings. The predicted octanol–water partition coefficient (Wildman–Crippen LogP) is -4.39. The van der Waals surface area contributed by atoms with Gasteiger partial charge in [0.25, 0.3) is 13.4 Å². The molecular formula is C10H10BrN5NaO7P. The molecule has 2 fully saturated rings. The van der Waals surface area contributed by atoms with Crippen LogP contribution in [0.3, 0.4) is 0 Å². The van der Waals surface area contributed by atoms with Crippen molar-refractivity contribution in [3.05, 3.63) is 15.1 Å². The first-order valence-corrected chi connectivity index (χ1v) is 8.93. The summed E-state index contributed by atoms with van der Waals surface area (Å²) in [5.41, 5.74) is 5.02. The monoisotopic (exact) mass is 445 g/mol. The number of aromatic amines is 1. The summed E-state index contributed by atoms with van der Waals surface area (Å²) in [6.45, 7) is -0.292. The van der Waals surface area contributed by atoms with Crippen molar-refractivity contribution in [2.24, 2.45) is 0 Å². The average molecular weight is 446 g/mol. The molecule has 0 spiro atoms. The van der Waals surface area contributed by atoms with Crippen molar-refractivity contribution in [3.63, 3.8) is 0 Å². The third-order valence-corrected chi connectivity index (χ3v) is 5.26. The largest absolute Gasteiger partial charge is 1.00 e. The predicted molar refractivity (Wildman–Crippen MR) is 78.6 cm³/mol. The number of ether oxygens (including phenoxy) is 1. The van der Waals surface area contributed by atoms with Crippen molar-refractivity contribution in [2.75, 3.05) is 12.3 Å².